The summed E-state index contributed by atoms with van der Waals surface area (Å²) in [6.07, 6.45) is 3.22. The Morgan fingerprint density at radius 1 is 1.06 bits per heavy atom. The van der Waals surface area contributed by atoms with Crippen LogP contribution in [-0.4, -0.2) is 41.7 Å². The van der Waals surface area contributed by atoms with Gasteiger partial charge in [-0.2, -0.15) is 0 Å². The van der Waals surface area contributed by atoms with Crippen LogP contribution in [0.3, 0.4) is 0 Å². The number of unbranched alkanes of at least 4 members (excludes halogenated alkanes) is 1. The van der Waals surface area contributed by atoms with E-state index < -0.39 is 11.9 Å². The molecule has 0 radical (unpaired) electrons. The Kier molecular flexibility index (Phi) is 9.14. The second-order valence-corrected chi connectivity index (χ2v) is 7.77. The van der Waals surface area contributed by atoms with Crippen molar-refractivity contribution >= 4 is 35.3 Å². The highest BCUT2D eigenvalue weighted by Crippen LogP contribution is 2.49. The zero-order valence-electron chi connectivity index (χ0n) is 17.4. The summed E-state index contributed by atoms with van der Waals surface area (Å²) >= 11 is 1.60. The number of carbonyl (C=O) groups is 3. The molecule has 0 bridgehead atoms. The fraction of sp³-hybridized carbons (Fsp3) is 0.261. The number of carboxylic acids is 2. The average Bonchev–Trinajstić information content (AvgIpc) is 2.76. The van der Waals surface area contributed by atoms with Gasteiger partial charge in [0.05, 0.1) is 12.3 Å². The quantitative estimate of drug-likeness (QED) is 0.483. The van der Waals surface area contributed by atoms with E-state index in [9.17, 15) is 14.4 Å². The molecular formula is C23H25NO6S. The number of ether oxygens (including phenoxy) is 1. The van der Waals surface area contributed by atoms with E-state index in [1.807, 2.05) is 49.5 Å². The molecule has 0 aromatic heterocycles. The van der Waals surface area contributed by atoms with E-state index in [0.29, 0.717) is 18.8 Å². The first-order valence-electron chi connectivity index (χ1n) is 9.74. The number of carboxylic acid groups (broad SMARTS) is 2. The highest BCUT2D eigenvalue weighted by molar-refractivity contribution is 8.00. The van der Waals surface area contributed by atoms with Gasteiger partial charge in [-0.15, -0.1) is 11.8 Å². The number of amides is 1. The van der Waals surface area contributed by atoms with E-state index in [1.54, 1.807) is 16.7 Å². The number of aliphatic carboxylic acids is 2. The van der Waals surface area contributed by atoms with Crippen LogP contribution in [0.2, 0.25) is 0 Å². The smallest absolute Gasteiger partial charge is 0.328 e. The predicted molar refractivity (Wildman–Crippen MR) is 120 cm³/mol. The van der Waals surface area contributed by atoms with Crippen LogP contribution in [0.1, 0.15) is 30.6 Å². The molecule has 1 aliphatic heterocycles. The zero-order chi connectivity index (χ0) is 22.8. The van der Waals surface area contributed by atoms with Crippen molar-refractivity contribution in [2.75, 3.05) is 18.6 Å². The minimum atomic E-state index is -1.26. The van der Waals surface area contributed by atoms with E-state index in [2.05, 4.69) is 13.0 Å². The molecule has 2 N–H and O–H groups in total. The Bertz CT molecular complexity index is 928. The van der Waals surface area contributed by atoms with Gasteiger partial charge >= 0.3 is 11.9 Å². The van der Waals surface area contributed by atoms with Crippen molar-refractivity contribution in [1.82, 2.24) is 0 Å². The number of thioether (sulfide) groups is 1. The van der Waals surface area contributed by atoms with Crippen LogP contribution >= 0.6 is 11.8 Å². The van der Waals surface area contributed by atoms with Gasteiger partial charge < -0.3 is 19.8 Å². The molecule has 0 spiro atoms. The van der Waals surface area contributed by atoms with Crippen molar-refractivity contribution in [3.63, 3.8) is 0 Å². The Morgan fingerprint density at radius 3 is 2.29 bits per heavy atom. The Hall–Kier alpha value is -3.26. The van der Waals surface area contributed by atoms with E-state index >= 15 is 0 Å². The first-order chi connectivity index (χ1) is 14.8. The molecule has 31 heavy (non-hydrogen) atoms. The molecule has 1 aliphatic rings. The highest BCUT2D eigenvalue weighted by Gasteiger charge is 2.34. The van der Waals surface area contributed by atoms with E-state index in [1.165, 1.54) is 0 Å². The van der Waals surface area contributed by atoms with Gasteiger partial charge in [-0.3, -0.25) is 4.79 Å². The lowest BCUT2D eigenvalue weighted by molar-refractivity contribution is -0.134. The first-order valence-corrected chi connectivity index (χ1v) is 10.6. The monoisotopic (exact) mass is 443 g/mol. The molecule has 1 unspecified atom stereocenters. The van der Waals surface area contributed by atoms with Gasteiger partial charge in [0.2, 0.25) is 5.91 Å². The fourth-order valence-electron chi connectivity index (χ4n) is 2.82. The third kappa shape index (κ3) is 6.89. The SMILES string of the molecule is CCCCOc1cccc2c1N(C)C(=O)C(c1ccccc1)S2.O=C(O)/C=C/C(=O)O. The maximum Gasteiger partial charge on any atom is 0.328 e. The van der Waals surface area contributed by atoms with Crippen LogP contribution in [0.15, 0.2) is 65.6 Å². The second-order valence-electron chi connectivity index (χ2n) is 6.62. The van der Waals surface area contributed by atoms with Gasteiger partial charge in [-0.25, -0.2) is 9.59 Å². The van der Waals surface area contributed by atoms with Crippen molar-refractivity contribution in [1.29, 1.82) is 0 Å². The number of nitrogens with zero attached hydrogens (tertiary/aromatic N) is 1. The molecule has 1 atom stereocenters. The molecule has 3 rings (SSSR count). The van der Waals surface area contributed by atoms with Crippen LogP contribution in [0.25, 0.3) is 0 Å². The maximum absolute atomic E-state index is 12.8. The lowest BCUT2D eigenvalue weighted by Crippen LogP contribution is -2.34. The molecule has 8 heteroatoms. The molecule has 0 aliphatic carbocycles. The number of fused-ring (bicyclic) bond motifs is 1. The number of rotatable bonds is 7. The molecule has 7 nitrogen and oxygen atoms in total. The number of likely N-dealkylation sites (N-methyl/N-ethyl adjacent to an activating group) is 1. The first kappa shape index (κ1) is 24.0. The number of carbonyl (C=O) groups excluding carboxylic acids is 1. The van der Waals surface area contributed by atoms with Crippen molar-refractivity contribution in [3.05, 3.63) is 66.2 Å². The third-order valence-corrected chi connectivity index (χ3v) is 5.62. The molecule has 2 aromatic rings. The molecule has 2 aromatic carbocycles. The average molecular weight is 444 g/mol. The number of para-hydroxylation sites is 1. The molecule has 0 saturated carbocycles. The van der Waals surface area contributed by atoms with E-state index in [0.717, 1.165) is 34.7 Å². The number of anilines is 1. The minimum Gasteiger partial charge on any atom is -0.491 e. The number of hydrogen-bond donors (Lipinski definition) is 2. The summed E-state index contributed by atoms with van der Waals surface area (Å²) in [5, 5.41) is 15.4. The highest BCUT2D eigenvalue weighted by atomic mass is 32.2. The van der Waals surface area contributed by atoms with Crippen LogP contribution in [0, 0.1) is 0 Å². The largest absolute Gasteiger partial charge is 0.491 e. The molecule has 164 valence electrons. The lowest BCUT2D eigenvalue weighted by Gasteiger charge is -2.32. The Balaban J connectivity index is 0.000000366. The molecule has 1 amide bonds. The summed E-state index contributed by atoms with van der Waals surface area (Å²) in [6.45, 7) is 2.82. The topological polar surface area (TPSA) is 104 Å². The summed E-state index contributed by atoms with van der Waals surface area (Å²) in [7, 11) is 1.84. The van der Waals surface area contributed by atoms with Gasteiger partial charge in [0.25, 0.3) is 0 Å². The van der Waals surface area contributed by atoms with Gasteiger partial charge in [-0.1, -0.05) is 49.7 Å². The summed E-state index contributed by atoms with van der Waals surface area (Å²) < 4.78 is 5.90. The van der Waals surface area contributed by atoms with Crippen molar-refractivity contribution in [2.45, 2.75) is 29.9 Å². The predicted octanol–water partition coefficient (Wildman–Crippen LogP) is 4.39. The molecule has 1 heterocycles. The number of hydrogen-bond acceptors (Lipinski definition) is 5. The van der Waals surface area contributed by atoms with Crippen LogP contribution in [0.4, 0.5) is 5.69 Å². The van der Waals surface area contributed by atoms with E-state index in [4.69, 9.17) is 14.9 Å². The molecular weight excluding hydrogens is 418 g/mol. The lowest BCUT2D eigenvalue weighted by atomic mass is 10.1. The zero-order valence-corrected chi connectivity index (χ0v) is 18.2. The van der Waals surface area contributed by atoms with Crippen LogP contribution in [0.5, 0.6) is 5.75 Å². The van der Waals surface area contributed by atoms with Gasteiger partial charge in [-0.05, 0) is 24.1 Å². The maximum atomic E-state index is 12.8. The minimum absolute atomic E-state index is 0.0974. The molecule has 0 saturated heterocycles. The van der Waals surface area contributed by atoms with Gasteiger partial charge in [0.15, 0.2) is 0 Å². The van der Waals surface area contributed by atoms with Crippen molar-refractivity contribution in [2.24, 2.45) is 0 Å². The van der Waals surface area contributed by atoms with Gasteiger partial charge in [0.1, 0.15) is 11.0 Å². The Labute approximate surface area is 185 Å². The summed E-state index contributed by atoms with van der Waals surface area (Å²) in [5.74, 6) is -1.62. The van der Waals surface area contributed by atoms with Crippen molar-refractivity contribution in [3.8, 4) is 5.75 Å². The molecule has 0 fully saturated rings. The van der Waals surface area contributed by atoms with Crippen LogP contribution in [-0.2, 0) is 14.4 Å². The van der Waals surface area contributed by atoms with Crippen LogP contribution < -0.4 is 9.64 Å². The summed E-state index contributed by atoms with van der Waals surface area (Å²) in [5.41, 5.74) is 1.93. The van der Waals surface area contributed by atoms with Crippen molar-refractivity contribution < 1.29 is 29.3 Å². The Morgan fingerprint density at radius 2 is 1.71 bits per heavy atom. The van der Waals surface area contributed by atoms with E-state index in [-0.39, 0.29) is 11.2 Å². The van der Waals surface area contributed by atoms with Gasteiger partial charge in [0, 0.05) is 24.1 Å². The second kappa shape index (κ2) is 11.8. The normalized spacial score (nSPS) is 15.1. The standard InChI is InChI=1S/C19H21NO2S.C4H4O4/c1-3-4-13-22-15-11-8-12-16-17(15)20(2)19(21)18(23-16)14-9-6-5-7-10-14;5-3(6)1-2-4(7)8/h5-12,18H,3-4,13H2,1-2H3;1-2H,(H,5,6)(H,7,8)/b;2-1+. The summed E-state index contributed by atoms with van der Waals surface area (Å²) in [6, 6.07) is 15.9. The third-order valence-electron chi connectivity index (χ3n) is 4.32. The number of benzene rings is 2. The fourth-order valence-corrected chi connectivity index (χ4v) is 4.13. The summed E-state index contributed by atoms with van der Waals surface area (Å²) in [4.78, 5) is 34.8.